The van der Waals surface area contributed by atoms with Gasteiger partial charge in [-0.3, -0.25) is 4.79 Å². The molecule has 0 fully saturated rings. The maximum Gasteiger partial charge on any atom is 0.173 e. The van der Waals surface area contributed by atoms with Gasteiger partial charge in [0, 0.05) is 20.7 Å². The second kappa shape index (κ2) is 4.72. The molecule has 0 aromatic carbocycles. The first-order chi connectivity index (χ1) is 8.33. The summed E-state index contributed by atoms with van der Waals surface area (Å²) in [7, 11) is 0. The average molecular weight is 278 g/mol. The molecule has 3 heterocycles. The molecule has 3 aromatic heterocycles. The third-order valence-corrected chi connectivity index (χ3v) is 5.66. The van der Waals surface area contributed by atoms with Crippen LogP contribution in [0.25, 0.3) is 9.40 Å². The molecule has 0 unspecified atom stereocenters. The predicted octanol–water partition coefficient (Wildman–Crippen LogP) is 4.84. The molecule has 0 radical (unpaired) electrons. The minimum atomic E-state index is 0.270. The molecule has 3 aromatic rings. The summed E-state index contributed by atoms with van der Waals surface area (Å²) in [5.41, 5.74) is 0. The fourth-order valence-electron chi connectivity index (χ4n) is 1.72. The first-order valence-corrected chi connectivity index (χ1v) is 7.93. The Morgan fingerprint density at radius 3 is 2.82 bits per heavy atom. The number of rotatable bonds is 4. The standard InChI is InChI=1S/C13H10OS3/c14-10(4-3-9-2-1-6-15-9)12-8-13-11(17-12)5-7-16-13/h1-2,5-8H,3-4H2. The van der Waals surface area contributed by atoms with Crippen molar-refractivity contribution in [3.05, 3.63) is 44.8 Å². The van der Waals surface area contributed by atoms with E-state index in [4.69, 9.17) is 0 Å². The zero-order valence-electron chi connectivity index (χ0n) is 9.01. The molecular formula is C13H10OS3. The summed E-state index contributed by atoms with van der Waals surface area (Å²) in [6.45, 7) is 0. The van der Waals surface area contributed by atoms with Gasteiger partial charge in [-0.25, -0.2) is 0 Å². The second-order valence-electron chi connectivity index (χ2n) is 3.76. The molecule has 17 heavy (non-hydrogen) atoms. The lowest BCUT2D eigenvalue weighted by atomic mass is 10.2. The number of carbonyl (C=O) groups excluding carboxylic acids is 1. The summed E-state index contributed by atoms with van der Waals surface area (Å²) in [6, 6.07) is 8.23. The Balaban J connectivity index is 1.72. The van der Waals surface area contributed by atoms with E-state index < -0.39 is 0 Å². The van der Waals surface area contributed by atoms with Gasteiger partial charge in [0.25, 0.3) is 0 Å². The number of thiophene rings is 3. The molecule has 0 spiro atoms. The van der Waals surface area contributed by atoms with Crippen molar-refractivity contribution in [2.75, 3.05) is 0 Å². The Morgan fingerprint density at radius 2 is 2.06 bits per heavy atom. The lowest BCUT2D eigenvalue weighted by Crippen LogP contribution is -1.97. The Kier molecular flexibility index (Phi) is 3.09. The first-order valence-electron chi connectivity index (χ1n) is 5.35. The zero-order chi connectivity index (χ0) is 11.7. The molecule has 0 saturated carbocycles. The highest BCUT2D eigenvalue weighted by molar-refractivity contribution is 7.27. The fourth-order valence-corrected chi connectivity index (χ4v) is 4.50. The van der Waals surface area contributed by atoms with Gasteiger partial charge in [0.2, 0.25) is 0 Å². The topological polar surface area (TPSA) is 17.1 Å². The largest absolute Gasteiger partial charge is 0.293 e. The van der Waals surface area contributed by atoms with Crippen LogP contribution in [0.2, 0.25) is 0 Å². The molecule has 0 aliphatic heterocycles. The van der Waals surface area contributed by atoms with Crippen LogP contribution in [-0.4, -0.2) is 5.78 Å². The molecule has 0 amide bonds. The molecule has 86 valence electrons. The number of fused-ring (bicyclic) bond motifs is 1. The van der Waals surface area contributed by atoms with E-state index in [1.807, 2.05) is 12.1 Å². The molecule has 3 rings (SSSR count). The molecule has 4 heteroatoms. The van der Waals surface area contributed by atoms with Crippen LogP contribution in [0.3, 0.4) is 0 Å². The maximum absolute atomic E-state index is 12.0. The molecular weight excluding hydrogens is 268 g/mol. The predicted molar refractivity (Wildman–Crippen MR) is 76.7 cm³/mol. The SMILES string of the molecule is O=C(CCc1cccs1)c1cc2sccc2s1. The van der Waals surface area contributed by atoms with E-state index in [9.17, 15) is 4.79 Å². The summed E-state index contributed by atoms with van der Waals surface area (Å²) >= 11 is 5.04. The van der Waals surface area contributed by atoms with Crippen molar-refractivity contribution in [2.24, 2.45) is 0 Å². The van der Waals surface area contributed by atoms with Gasteiger partial charge >= 0.3 is 0 Å². The van der Waals surface area contributed by atoms with Gasteiger partial charge in [-0.1, -0.05) is 6.07 Å². The van der Waals surface area contributed by atoms with Crippen molar-refractivity contribution >= 4 is 49.2 Å². The van der Waals surface area contributed by atoms with Crippen molar-refractivity contribution in [1.82, 2.24) is 0 Å². The third-order valence-electron chi connectivity index (χ3n) is 2.59. The monoisotopic (exact) mass is 278 g/mol. The summed E-state index contributed by atoms with van der Waals surface area (Å²) in [5.74, 6) is 0.270. The molecule has 0 aliphatic rings. The van der Waals surface area contributed by atoms with Crippen LogP contribution in [-0.2, 0) is 6.42 Å². The number of ketones is 1. The maximum atomic E-state index is 12.0. The number of aryl methyl sites for hydroxylation is 1. The Morgan fingerprint density at radius 1 is 1.12 bits per heavy atom. The molecule has 0 saturated heterocycles. The van der Waals surface area contributed by atoms with Crippen molar-refractivity contribution in [1.29, 1.82) is 0 Å². The lowest BCUT2D eigenvalue weighted by Gasteiger charge is -1.95. The Bertz CT molecular complexity index is 602. The second-order valence-corrected chi connectivity index (χ2v) is 6.83. The molecule has 0 aliphatic carbocycles. The van der Waals surface area contributed by atoms with Crippen LogP contribution < -0.4 is 0 Å². The molecule has 0 bridgehead atoms. The molecule has 0 atom stereocenters. The average Bonchev–Trinajstić information content (AvgIpc) is 3.01. The Labute approximate surface area is 111 Å². The van der Waals surface area contributed by atoms with Gasteiger partial charge in [0.05, 0.1) is 4.88 Å². The van der Waals surface area contributed by atoms with Crippen LogP contribution in [0.5, 0.6) is 0 Å². The highest BCUT2D eigenvalue weighted by Gasteiger charge is 2.11. The van der Waals surface area contributed by atoms with Crippen LogP contribution >= 0.6 is 34.0 Å². The molecule has 1 nitrogen and oxygen atoms in total. The third kappa shape index (κ3) is 2.34. The van der Waals surface area contributed by atoms with Gasteiger partial charge < -0.3 is 0 Å². The van der Waals surface area contributed by atoms with E-state index in [-0.39, 0.29) is 5.78 Å². The minimum absolute atomic E-state index is 0.270. The fraction of sp³-hybridized carbons (Fsp3) is 0.154. The first kappa shape index (κ1) is 11.1. The van der Waals surface area contributed by atoms with Gasteiger partial charge in [-0.2, -0.15) is 0 Å². The number of carbonyl (C=O) groups is 1. The zero-order valence-corrected chi connectivity index (χ0v) is 11.5. The summed E-state index contributed by atoms with van der Waals surface area (Å²) < 4.78 is 2.46. The van der Waals surface area contributed by atoms with E-state index in [0.29, 0.717) is 6.42 Å². The normalized spacial score (nSPS) is 11.1. The minimum Gasteiger partial charge on any atom is -0.293 e. The van der Waals surface area contributed by atoms with Crippen molar-refractivity contribution < 1.29 is 4.79 Å². The van der Waals surface area contributed by atoms with E-state index in [1.54, 1.807) is 34.0 Å². The van der Waals surface area contributed by atoms with E-state index in [0.717, 1.165) is 11.3 Å². The number of hydrogen-bond donors (Lipinski definition) is 0. The molecule has 0 N–H and O–H groups in total. The summed E-state index contributed by atoms with van der Waals surface area (Å²) in [5, 5.41) is 4.13. The Hall–Kier alpha value is -0.970. The van der Waals surface area contributed by atoms with Crippen molar-refractivity contribution in [3.8, 4) is 0 Å². The van der Waals surface area contributed by atoms with Crippen LogP contribution in [0, 0.1) is 0 Å². The quantitative estimate of drug-likeness (QED) is 0.624. The van der Waals surface area contributed by atoms with Gasteiger partial charge in [0.15, 0.2) is 5.78 Å². The van der Waals surface area contributed by atoms with Crippen LogP contribution in [0.15, 0.2) is 35.0 Å². The van der Waals surface area contributed by atoms with Crippen LogP contribution in [0.4, 0.5) is 0 Å². The van der Waals surface area contributed by atoms with Crippen LogP contribution in [0.1, 0.15) is 21.0 Å². The highest BCUT2D eigenvalue weighted by atomic mass is 32.1. The van der Waals surface area contributed by atoms with Gasteiger partial charge in [0.1, 0.15) is 0 Å². The number of hydrogen-bond acceptors (Lipinski definition) is 4. The van der Waals surface area contributed by atoms with Gasteiger partial charge in [-0.15, -0.1) is 34.0 Å². The van der Waals surface area contributed by atoms with E-state index in [1.165, 1.54) is 14.3 Å². The smallest absolute Gasteiger partial charge is 0.173 e. The van der Waals surface area contributed by atoms with E-state index >= 15 is 0 Å². The van der Waals surface area contributed by atoms with Gasteiger partial charge in [-0.05, 0) is 35.4 Å². The lowest BCUT2D eigenvalue weighted by molar-refractivity contribution is 0.0987. The number of Topliss-reactive ketones (excluding diaryl/α,β-unsaturated/α-hetero) is 1. The highest BCUT2D eigenvalue weighted by Crippen LogP contribution is 2.30. The van der Waals surface area contributed by atoms with E-state index in [2.05, 4.69) is 22.9 Å². The summed E-state index contributed by atoms with van der Waals surface area (Å²) in [4.78, 5) is 14.2. The van der Waals surface area contributed by atoms with Crippen molar-refractivity contribution in [3.63, 3.8) is 0 Å². The summed E-state index contributed by atoms with van der Waals surface area (Å²) in [6.07, 6.45) is 1.48. The van der Waals surface area contributed by atoms with Crippen molar-refractivity contribution in [2.45, 2.75) is 12.8 Å².